The van der Waals surface area contributed by atoms with Crippen molar-refractivity contribution in [2.45, 2.75) is 45.6 Å². The highest BCUT2D eigenvalue weighted by Crippen LogP contribution is 2.47. The topological polar surface area (TPSA) is 71.5 Å². The van der Waals surface area contributed by atoms with Crippen LogP contribution in [0.1, 0.15) is 31.9 Å². The van der Waals surface area contributed by atoms with Crippen LogP contribution < -0.4 is 4.74 Å². The molecule has 1 atom stereocenters. The molecule has 2 aromatic carbocycles. The average Bonchev–Trinajstić information content (AvgIpc) is 2.93. The molecule has 2 aromatic rings. The van der Waals surface area contributed by atoms with Crippen molar-refractivity contribution in [2.24, 2.45) is 0 Å². The maximum atomic E-state index is 12.6. The van der Waals surface area contributed by atoms with Crippen LogP contribution in [-0.2, 0) is 22.6 Å². The molecule has 0 spiro atoms. The fraction of sp³-hybridized carbons (Fsp3) is 0.480. The van der Waals surface area contributed by atoms with Gasteiger partial charge in [-0.15, -0.1) is 0 Å². The minimum atomic E-state index is -0.545. The number of aromatic hydroxyl groups is 1. The van der Waals surface area contributed by atoms with Crippen molar-refractivity contribution in [3.8, 4) is 22.6 Å². The number of rotatable bonds is 3. The van der Waals surface area contributed by atoms with Crippen molar-refractivity contribution < 1.29 is 24.1 Å². The number of hydrogen-bond donors (Lipinski definition) is 1. The molecule has 7 nitrogen and oxygen atoms in total. The second-order valence-electron chi connectivity index (χ2n) is 9.64. The van der Waals surface area contributed by atoms with Crippen LogP contribution in [0.4, 0.5) is 4.79 Å². The van der Waals surface area contributed by atoms with E-state index in [9.17, 15) is 9.90 Å². The van der Waals surface area contributed by atoms with Crippen molar-refractivity contribution in [3.05, 3.63) is 45.4 Å². The van der Waals surface area contributed by atoms with Gasteiger partial charge in [-0.05, 0) is 44.5 Å². The van der Waals surface area contributed by atoms with E-state index in [1.807, 2.05) is 26.8 Å². The van der Waals surface area contributed by atoms with Gasteiger partial charge in [-0.2, -0.15) is 0 Å². The van der Waals surface area contributed by atoms with Gasteiger partial charge >= 0.3 is 6.09 Å². The Morgan fingerprint density at radius 2 is 2.00 bits per heavy atom. The van der Waals surface area contributed by atoms with Gasteiger partial charge in [0.15, 0.2) is 0 Å². The van der Waals surface area contributed by atoms with Crippen LogP contribution in [0.3, 0.4) is 0 Å². The van der Waals surface area contributed by atoms with Crippen molar-refractivity contribution in [1.82, 2.24) is 9.80 Å². The lowest BCUT2D eigenvalue weighted by molar-refractivity contribution is -0.00154. The number of hydrogen-bond acceptors (Lipinski definition) is 6. The predicted octanol–water partition coefficient (Wildman–Crippen LogP) is 5.33. The molecule has 0 aromatic heterocycles. The summed E-state index contributed by atoms with van der Waals surface area (Å²) in [5.74, 6) is 0.597. The number of benzene rings is 2. The second-order valence-corrected chi connectivity index (χ2v) is 10.4. The number of ether oxygens (including phenoxy) is 3. The maximum absolute atomic E-state index is 12.6. The lowest BCUT2D eigenvalue weighted by Crippen LogP contribution is -2.56. The zero-order chi connectivity index (χ0) is 24.6. The largest absolute Gasteiger partial charge is 0.507 e. The number of fused-ring (bicyclic) bond motifs is 2. The number of carbonyl (C=O) groups excluding carboxylic acids is 1. The summed E-state index contributed by atoms with van der Waals surface area (Å²) in [5.41, 5.74) is 2.24. The van der Waals surface area contributed by atoms with Crippen molar-refractivity contribution in [3.63, 3.8) is 0 Å². The van der Waals surface area contributed by atoms with Crippen LogP contribution >= 0.6 is 23.2 Å². The summed E-state index contributed by atoms with van der Waals surface area (Å²) >= 11 is 13.4. The third-order valence-electron chi connectivity index (χ3n) is 5.97. The summed E-state index contributed by atoms with van der Waals surface area (Å²) in [6, 6.07) is 6.96. The minimum Gasteiger partial charge on any atom is -0.507 e. The van der Waals surface area contributed by atoms with Gasteiger partial charge in [0, 0.05) is 50.0 Å². The lowest BCUT2D eigenvalue weighted by atomic mass is 9.95. The fourth-order valence-electron chi connectivity index (χ4n) is 4.47. The Morgan fingerprint density at radius 3 is 2.68 bits per heavy atom. The molecule has 4 rings (SSSR count). The molecule has 0 aliphatic carbocycles. The number of nitrogens with zero attached hydrogens (tertiary/aromatic N) is 2. The van der Waals surface area contributed by atoms with Crippen LogP contribution in [0.5, 0.6) is 11.5 Å². The summed E-state index contributed by atoms with van der Waals surface area (Å²) in [7, 11) is 1.61. The molecule has 1 saturated heterocycles. The molecule has 1 fully saturated rings. The van der Waals surface area contributed by atoms with Gasteiger partial charge in [0.2, 0.25) is 0 Å². The quantitative estimate of drug-likeness (QED) is 0.604. The number of phenolic OH excluding ortho intramolecular Hbond substituents is 1. The van der Waals surface area contributed by atoms with Gasteiger partial charge in [-0.1, -0.05) is 29.3 Å². The van der Waals surface area contributed by atoms with Crippen LogP contribution in [-0.4, -0.2) is 66.0 Å². The van der Waals surface area contributed by atoms with Crippen molar-refractivity contribution in [2.75, 3.05) is 33.4 Å². The first-order valence-electron chi connectivity index (χ1n) is 11.2. The van der Waals surface area contributed by atoms with Crippen LogP contribution in [0, 0.1) is 0 Å². The third-order valence-corrected chi connectivity index (χ3v) is 6.65. The van der Waals surface area contributed by atoms with E-state index in [-0.39, 0.29) is 17.9 Å². The molecule has 34 heavy (non-hydrogen) atoms. The first-order chi connectivity index (χ1) is 16.1. The smallest absolute Gasteiger partial charge is 0.410 e. The van der Waals surface area contributed by atoms with E-state index >= 15 is 0 Å². The van der Waals surface area contributed by atoms with Crippen LogP contribution in [0.15, 0.2) is 24.3 Å². The van der Waals surface area contributed by atoms with Crippen molar-refractivity contribution in [1.29, 1.82) is 0 Å². The van der Waals surface area contributed by atoms with Crippen LogP contribution in [0.2, 0.25) is 10.0 Å². The molecule has 9 heteroatoms. The number of amides is 1. The predicted molar refractivity (Wildman–Crippen MR) is 132 cm³/mol. The van der Waals surface area contributed by atoms with Crippen molar-refractivity contribution >= 4 is 29.3 Å². The van der Waals surface area contributed by atoms with Crippen LogP contribution in [0.25, 0.3) is 11.1 Å². The number of piperazine rings is 1. The van der Waals surface area contributed by atoms with Gasteiger partial charge in [0.05, 0.1) is 22.7 Å². The van der Waals surface area contributed by atoms with Gasteiger partial charge < -0.3 is 24.2 Å². The minimum absolute atomic E-state index is 0.00669. The first kappa shape index (κ1) is 24.9. The molecule has 0 radical (unpaired) electrons. The highest BCUT2D eigenvalue weighted by Gasteiger charge is 2.35. The first-order valence-corrected chi connectivity index (χ1v) is 12.0. The molecular weight excluding hydrogens is 479 g/mol. The number of phenols is 1. The van der Waals surface area contributed by atoms with Gasteiger partial charge in [0.1, 0.15) is 23.7 Å². The summed E-state index contributed by atoms with van der Waals surface area (Å²) in [6.45, 7) is 8.63. The fourth-order valence-corrected chi connectivity index (χ4v) is 5.12. The normalized spacial score (nSPS) is 18.5. The average molecular weight is 509 g/mol. The molecular formula is C25H30Cl2N2O5. The van der Waals surface area contributed by atoms with E-state index < -0.39 is 5.60 Å². The maximum Gasteiger partial charge on any atom is 0.410 e. The number of carbonyl (C=O) groups is 1. The molecule has 2 heterocycles. The Kier molecular flexibility index (Phi) is 7.20. The Morgan fingerprint density at radius 1 is 1.24 bits per heavy atom. The summed E-state index contributed by atoms with van der Waals surface area (Å²) in [4.78, 5) is 16.6. The molecule has 0 saturated carbocycles. The SMILES string of the molecule is COCc1cc2c(c(Cl)c1-c1c(O)cccc1Cl)OC[C@H]1CN(C(=O)OC(C)(C)C)CCN1C2. The molecule has 1 N–H and O–H groups in total. The summed E-state index contributed by atoms with van der Waals surface area (Å²) < 4.78 is 17.2. The second kappa shape index (κ2) is 9.82. The molecule has 0 unspecified atom stereocenters. The monoisotopic (exact) mass is 508 g/mol. The highest BCUT2D eigenvalue weighted by atomic mass is 35.5. The van der Waals surface area contributed by atoms with E-state index in [2.05, 4.69) is 4.90 Å². The number of methoxy groups -OCH3 is 1. The Hall–Kier alpha value is -2.19. The lowest BCUT2D eigenvalue weighted by Gasteiger charge is -2.40. The molecule has 2 aliphatic rings. The van der Waals surface area contributed by atoms with E-state index in [0.717, 1.165) is 11.1 Å². The Balaban J connectivity index is 1.66. The molecule has 1 amide bonds. The third kappa shape index (κ3) is 5.08. The zero-order valence-electron chi connectivity index (χ0n) is 19.9. The standard InChI is InChI=1S/C25H30Cl2N2O5/c1-25(2,3)34-24(31)29-9-8-28-11-15-10-16(13-32-4)20(21-18(26)6-5-7-19(21)30)22(27)23(15)33-14-17(28)12-29/h5-7,10,17,30H,8-9,11-14H2,1-4H3/t17-/m1/s1. The highest BCUT2D eigenvalue weighted by molar-refractivity contribution is 6.38. The van der Waals surface area contributed by atoms with Gasteiger partial charge in [-0.25, -0.2) is 4.79 Å². The van der Waals surface area contributed by atoms with E-state index in [0.29, 0.717) is 66.3 Å². The number of halogens is 2. The van der Waals surface area contributed by atoms with E-state index in [1.54, 1.807) is 30.2 Å². The summed E-state index contributed by atoms with van der Waals surface area (Å²) in [5, 5.41) is 11.3. The zero-order valence-corrected chi connectivity index (χ0v) is 21.4. The van der Waals surface area contributed by atoms with Gasteiger partial charge in [-0.3, -0.25) is 4.90 Å². The Bertz CT molecular complexity index is 1070. The summed E-state index contributed by atoms with van der Waals surface area (Å²) in [6.07, 6.45) is -0.314. The molecule has 0 bridgehead atoms. The molecule has 184 valence electrons. The Labute approximate surface area is 210 Å². The van der Waals surface area contributed by atoms with E-state index in [1.165, 1.54) is 0 Å². The van der Waals surface area contributed by atoms with E-state index in [4.69, 9.17) is 37.4 Å². The van der Waals surface area contributed by atoms with Gasteiger partial charge in [0.25, 0.3) is 0 Å². The molecule has 2 aliphatic heterocycles.